The summed E-state index contributed by atoms with van der Waals surface area (Å²) in [5, 5.41) is 10.5. The van der Waals surface area contributed by atoms with Crippen LogP contribution in [0, 0.1) is 13.8 Å². The molecule has 12 heteroatoms. The number of hydrogen-bond acceptors (Lipinski definition) is 5. The number of fused-ring (bicyclic) bond motifs is 1. The lowest BCUT2D eigenvalue weighted by Crippen LogP contribution is -2.31. The monoisotopic (exact) mass is 629 g/mol. The molecule has 1 aliphatic rings. The molecule has 0 aliphatic carbocycles. The van der Waals surface area contributed by atoms with Crippen LogP contribution >= 0.6 is 15.9 Å². The van der Waals surface area contributed by atoms with Crippen molar-refractivity contribution in [2.45, 2.75) is 45.5 Å². The number of nitrogens with zero attached hydrogens (tertiary/aromatic N) is 3. The normalized spacial score (nSPS) is 15.3. The molecule has 2 amide bonds. The number of carbonyl (C=O) groups excluding carboxylic acids is 2. The van der Waals surface area contributed by atoms with Gasteiger partial charge in [0.25, 0.3) is 11.8 Å². The number of hydrogen-bond donors (Lipinski definition) is 2. The summed E-state index contributed by atoms with van der Waals surface area (Å²) in [6, 6.07) is 12.5. The maximum absolute atomic E-state index is 13.5. The molecular weight excluding hydrogens is 603 g/mol. The van der Waals surface area contributed by atoms with Gasteiger partial charge in [-0.15, -0.1) is 0 Å². The summed E-state index contributed by atoms with van der Waals surface area (Å²) in [7, 11) is 0. The van der Waals surface area contributed by atoms with Gasteiger partial charge in [-0.05, 0) is 68.7 Å². The first-order valence-electron chi connectivity index (χ1n) is 13.0. The van der Waals surface area contributed by atoms with Crippen molar-refractivity contribution < 1.29 is 27.5 Å². The Kier molecular flexibility index (Phi) is 8.14. The largest absolute Gasteiger partial charge is 0.433 e. The van der Waals surface area contributed by atoms with E-state index in [2.05, 4.69) is 36.6 Å². The average molecular weight is 630 g/mol. The lowest BCUT2D eigenvalue weighted by atomic mass is 10.1. The molecule has 0 spiro atoms. The van der Waals surface area contributed by atoms with Crippen molar-refractivity contribution in [1.82, 2.24) is 20.1 Å². The Hall–Kier alpha value is -3.77. The maximum Gasteiger partial charge on any atom is 0.433 e. The van der Waals surface area contributed by atoms with Crippen LogP contribution in [0.15, 0.2) is 53.0 Å². The summed E-state index contributed by atoms with van der Waals surface area (Å²) in [5.41, 5.74) is 1.72. The molecule has 2 N–H and O–H groups in total. The van der Waals surface area contributed by atoms with Gasteiger partial charge >= 0.3 is 6.18 Å². The molecule has 3 heterocycles. The summed E-state index contributed by atoms with van der Waals surface area (Å²) in [5.74, 6) is -0.877. The highest BCUT2D eigenvalue weighted by atomic mass is 79.9. The van der Waals surface area contributed by atoms with Gasteiger partial charge in [0.2, 0.25) is 0 Å². The van der Waals surface area contributed by atoms with Gasteiger partial charge in [0.15, 0.2) is 0 Å². The van der Waals surface area contributed by atoms with Crippen LogP contribution < -0.4 is 10.6 Å². The lowest BCUT2D eigenvalue weighted by Gasteiger charge is -2.13. The number of carbonyl (C=O) groups is 2. The summed E-state index contributed by atoms with van der Waals surface area (Å²) in [4.78, 5) is 29.5. The number of amides is 2. The van der Waals surface area contributed by atoms with Gasteiger partial charge in [-0.3, -0.25) is 14.3 Å². The van der Waals surface area contributed by atoms with E-state index >= 15 is 0 Å². The Bertz CT molecular complexity index is 1610. The highest BCUT2D eigenvalue weighted by Crippen LogP contribution is 2.33. The predicted molar refractivity (Wildman–Crippen MR) is 151 cm³/mol. The minimum Gasteiger partial charge on any atom is -0.376 e. The number of anilines is 1. The van der Waals surface area contributed by atoms with Crippen LogP contribution in [0.5, 0.6) is 0 Å². The number of nitrogens with one attached hydrogen (secondary N) is 2. The molecule has 1 aliphatic heterocycles. The third-order valence-electron chi connectivity index (χ3n) is 6.99. The van der Waals surface area contributed by atoms with Crippen molar-refractivity contribution in [3.05, 3.63) is 86.8 Å². The number of ether oxygens (including phenoxy) is 1. The van der Waals surface area contributed by atoms with E-state index in [-0.39, 0.29) is 28.5 Å². The van der Waals surface area contributed by atoms with Crippen LogP contribution in [0.1, 0.15) is 56.2 Å². The van der Waals surface area contributed by atoms with Gasteiger partial charge in [-0.1, -0.05) is 28.1 Å². The standard InChI is InChI=1S/C29H27BrF3N5O3/c1-16-26(36-28(40)23-13-25(29(31,32)33)35-24-10-9-20(30)12-22(23)24)17(2)38(37-16)15-18-5-7-19(8-6-18)27(39)34-14-21-4-3-11-41-21/h5-10,12-13,21H,3-4,11,14-15H2,1-2H3,(H,34,39)(H,36,40). The highest BCUT2D eigenvalue weighted by molar-refractivity contribution is 9.10. The van der Waals surface area contributed by atoms with E-state index in [4.69, 9.17) is 4.74 Å². The van der Waals surface area contributed by atoms with Crippen molar-refractivity contribution in [1.29, 1.82) is 0 Å². The zero-order chi connectivity index (χ0) is 29.3. The fraction of sp³-hybridized carbons (Fsp3) is 0.310. The van der Waals surface area contributed by atoms with Gasteiger partial charge in [0, 0.05) is 28.6 Å². The SMILES string of the molecule is Cc1nn(Cc2ccc(C(=O)NCC3CCCO3)cc2)c(C)c1NC(=O)c1cc(C(F)(F)F)nc2ccc(Br)cc12. The molecule has 1 unspecified atom stereocenters. The summed E-state index contributed by atoms with van der Waals surface area (Å²) < 4.78 is 48.4. The third kappa shape index (κ3) is 6.43. The quantitative estimate of drug-likeness (QED) is 0.260. The Labute approximate surface area is 242 Å². The number of halogens is 4. The lowest BCUT2D eigenvalue weighted by molar-refractivity contribution is -0.141. The number of pyridine rings is 1. The second kappa shape index (κ2) is 11.6. The Morgan fingerprint density at radius 3 is 2.54 bits per heavy atom. The molecule has 0 saturated carbocycles. The smallest absolute Gasteiger partial charge is 0.376 e. The Balaban J connectivity index is 1.32. The molecule has 4 aromatic rings. The van der Waals surface area contributed by atoms with E-state index in [9.17, 15) is 22.8 Å². The Morgan fingerprint density at radius 1 is 1.10 bits per heavy atom. The molecule has 0 bridgehead atoms. The zero-order valence-corrected chi connectivity index (χ0v) is 23.9. The topological polar surface area (TPSA) is 98.1 Å². The minimum atomic E-state index is -4.71. The third-order valence-corrected chi connectivity index (χ3v) is 7.48. The van der Waals surface area contributed by atoms with Crippen LogP contribution in [0.2, 0.25) is 0 Å². The van der Waals surface area contributed by atoms with E-state index in [0.29, 0.717) is 40.2 Å². The van der Waals surface area contributed by atoms with Crippen LogP contribution in [0.4, 0.5) is 18.9 Å². The summed E-state index contributed by atoms with van der Waals surface area (Å²) in [6.07, 6.45) is -2.71. The molecule has 8 nitrogen and oxygen atoms in total. The van der Waals surface area contributed by atoms with Crippen molar-refractivity contribution >= 4 is 44.3 Å². The van der Waals surface area contributed by atoms with E-state index in [1.54, 1.807) is 42.8 Å². The number of benzene rings is 2. The number of aryl methyl sites for hydroxylation is 1. The second-order valence-electron chi connectivity index (χ2n) is 9.91. The summed E-state index contributed by atoms with van der Waals surface area (Å²) in [6.45, 7) is 5.05. The first kappa shape index (κ1) is 28.7. The maximum atomic E-state index is 13.5. The van der Waals surface area contributed by atoms with Crippen molar-refractivity contribution in [3.63, 3.8) is 0 Å². The van der Waals surface area contributed by atoms with Crippen molar-refractivity contribution in [2.24, 2.45) is 0 Å². The molecule has 2 aromatic carbocycles. The predicted octanol–water partition coefficient (Wildman–Crippen LogP) is 6.04. The van der Waals surface area contributed by atoms with E-state index in [1.807, 2.05) is 12.1 Å². The van der Waals surface area contributed by atoms with E-state index in [0.717, 1.165) is 31.1 Å². The van der Waals surface area contributed by atoms with Gasteiger partial charge in [0.1, 0.15) is 5.69 Å². The zero-order valence-electron chi connectivity index (χ0n) is 22.3. The van der Waals surface area contributed by atoms with E-state index in [1.165, 1.54) is 6.07 Å². The van der Waals surface area contributed by atoms with Gasteiger partial charge < -0.3 is 15.4 Å². The first-order chi connectivity index (χ1) is 19.5. The fourth-order valence-corrected chi connectivity index (χ4v) is 5.15. The number of rotatable bonds is 7. The summed E-state index contributed by atoms with van der Waals surface area (Å²) >= 11 is 3.31. The first-order valence-corrected chi connectivity index (χ1v) is 13.8. The molecule has 41 heavy (non-hydrogen) atoms. The van der Waals surface area contributed by atoms with Crippen LogP contribution in [0.3, 0.4) is 0 Å². The fourth-order valence-electron chi connectivity index (χ4n) is 4.79. The van der Waals surface area contributed by atoms with Crippen molar-refractivity contribution in [2.75, 3.05) is 18.5 Å². The average Bonchev–Trinajstić information content (AvgIpc) is 3.55. The van der Waals surface area contributed by atoms with Crippen LogP contribution in [-0.2, 0) is 17.5 Å². The molecule has 1 fully saturated rings. The van der Waals surface area contributed by atoms with Crippen LogP contribution in [0.25, 0.3) is 10.9 Å². The van der Waals surface area contributed by atoms with Crippen molar-refractivity contribution in [3.8, 4) is 0 Å². The second-order valence-corrected chi connectivity index (χ2v) is 10.8. The highest BCUT2D eigenvalue weighted by Gasteiger charge is 2.34. The molecular formula is C29H27BrF3N5O3. The number of alkyl halides is 3. The van der Waals surface area contributed by atoms with Crippen LogP contribution in [-0.4, -0.2) is 45.8 Å². The van der Waals surface area contributed by atoms with Gasteiger partial charge in [-0.25, -0.2) is 4.98 Å². The molecule has 214 valence electrons. The molecule has 5 rings (SSSR count). The molecule has 0 radical (unpaired) electrons. The van der Waals surface area contributed by atoms with Gasteiger partial charge in [0.05, 0.1) is 40.8 Å². The molecule has 2 aromatic heterocycles. The minimum absolute atomic E-state index is 0.0568. The number of aromatic nitrogens is 3. The van der Waals surface area contributed by atoms with E-state index < -0.39 is 17.8 Å². The molecule has 1 atom stereocenters. The van der Waals surface area contributed by atoms with Gasteiger partial charge in [-0.2, -0.15) is 18.3 Å². The Morgan fingerprint density at radius 2 is 1.85 bits per heavy atom. The molecule has 1 saturated heterocycles.